The van der Waals surface area contributed by atoms with Crippen molar-refractivity contribution >= 4 is 23.5 Å². The molecule has 24 heavy (non-hydrogen) atoms. The molecule has 2 aromatic carbocycles. The fraction of sp³-hybridized carbons (Fsp3) is 0.167. The van der Waals surface area contributed by atoms with E-state index in [1.807, 2.05) is 36.4 Å². The Hall–Kier alpha value is -3.15. The fourth-order valence-electron chi connectivity index (χ4n) is 2.61. The first-order valence-corrected chi connectivity index (χ1v) is 7.55. The molecule has 1 aliphatic heterocycles. The number of imide groups is 1. The molecule has 0 bridgehead atoms. The van der Waals surface area contributed by atoms with Gasteiger partial charge in [-0.1, -0.05) is 48.5 Å². The molecule has 2 N–H and O–H groups in total. The molecule has 0 spiro atoms. The van der Waals surface area contributed by atoms with E-state index in [-0.39, 0.29) is 6.54 Å². The number of nitrogens with zero attached hydrogens (tertiary/aromatic N) is 1. The van der Waals surface area contributed by atoms with E-state index in [2.05, 4.69) is 10.6 Å². The SMILES string of the molecule is CC1(C(=O)Nc2ccccc2)C(=O)NC(=O)N1Cc1ccccc1. The Kier molecular flexibility index (Phi) is 4.04. The highest BCUT2D eigenvalue weighted by molar-refractivity contribution is 6.22. The quantitative estimate of drug-likeness (QED) is 0.668. The lowest BCUT2D eigenvalue weighted by atomic mass is 9.98. The number of hydrogen-bond donors (Lipinski definition) is 2. The second-order valence-corrected chi connectivity index (χ2v) is 5.72. The lowest BCUT2D eigenvalue weighted by molar-refractivity contribution is -0.136. The minimum Gasteiger partial charge on any atom is -0.324 e. The molecule has 2 aromatic rings. The molecule has 0 aromatic heterocycles. The lowest BCUT2D eigenvalue weighted by Gasteiger charge is -2.30. The molecule has 1 unspecified atom stereocenters. The molecule has 1 aliphatic rings. The molecule has 6 nitrogen and oxygen atoms in total. The first-order valence-electron chi connectivity index (χ1n) is 7.55. The monoisotopic (exact) mass is 323 g/mol. The van der Waals surface area contributed by atoms with Crippen LogP contribution in [0.1, 0.15) is 12.5 Å². The van der Waals surface area contributed by atoms with Gasteiger partial charge in [-0.05, 0) is 24.6 Å². The molecular weight excluding hydrogens is 306 g/mol. The molecule has 0 saturated carbocycles. The zero-order valence-corrected chi connectivity index (χ0v) is 13.2. The van der Waals surface area contributed by atoms with Crippen LogP contribution in [0, 0.1) is 0 Å². The number of nitrogens with one attached hydrogen (secondary N) is 2. The molecule has 3 rings (SSSR count). The predicted molar refractivity (Wildman–Crippen MR) is 89.0 cm³/mol. The largest absolute Gasteiger partial charge is 0.325 e. The van der Waals surface area contributed by atoms with Gasteiger partial charge in [0.1, 0.15) is 0 Å². The number of hydrogen-bond acceptors (Lipinski definition) is 3. The molecule has 1 atom stereocenters. The summed E-state index contributed by atoms with van der Waals surface area (Å²) in [5.41, 5.74) is -0.209. The van der Waals surface area contributed by atoms with Crippen LogP contribution in [0.4, 0.5) is 10.5 Å². The number of urea groups is 1. The maximum atomic E-state index is 12.7. The highest BCUT2D eigenvalue weighted by atomic mass is 16.2. The summed E-state index contributed by atoms with van der Waals surface area (Å²) in [6.45, 7) is 1.62. The number of carbonyl (C=O) groups is 3. The summed E-state index contributed by atoms with van der Waals surface area (Å²) in [4.78, 5) is 38.5. The molecule has 4 amide bonds. The van der Waals surface area contributed by atoms with Crippen LogP contribution in [-0.4, -0.2) is 28.3 Å². The molecule has 1 fully saturated rings. The van der Waals surface area contributed by atoms with Gasteiger partial charge >= 0.3 is 6.03 Å². The van der Waals surface area contributed by atoms with E-state index >= 15 is 0 Å². The molecule has 0 radical (unpaired) electrons. The molecule has 0 aliphatic carbocycles. The van der Waals surface area contributed by atoms with E-state index in [4.69, 9.17) is 0 Å². The van der Waals surface area contributed by atoms with E-state index in [0.29, 0.717) is 5.69 Å². The Bertz CT molecular complexity index is 777. The molecular formula is C18H17N3O3. The number of anilines is 1. The van der Waals surface area contributed by atoms with E-state index < -0.39 is 23.4 Å². The second-order valence-electron chi connectivity index (χ2n) is 5.72. The number of amides is 4. The van der Waals surface area contributed by atoms with Crippen molar-refractivity contribution in [1.29, 1.82) is 0 Å². The van der Waals surface area contributed by atoms with E-state index in [1.165, 1.54) is 11.8 Å². The maximum absolute atomic E-state index is 12.7. The van der Waals surface area contributed by atoms with E-state index in [0.717, 1.165) is 5.56 Å². The van der Waals surface area contributed by atoms with Crippen LogP contribution in [0.25, 0.3) is 0 Å². The third kappa shape index (κ3) is 2.74. The smallest absolute Gasteiger partial charge is 0.324 e. The van der Waals surface area contributed by atoms with Gasteiger partial charge in [-0.15, -0.1) is 0 Å². The third-order valence-corrected chi connectivity index (χ3v) is 4.10. The number of carbonyl (C=O) groups excluding carboxylic acids is 3. The number of para-hydroxylation sites is 1. The normalized spacial score (nSPS) is 20.0. The van der Waals surface area contributed by atoms with Crippen LogP contribution in [0.2, 0.25) is 0 Å². The van der Waals surface area contributed by atoms with Gasteiger partial charge < -0.3 is 5.32 Å². The van der Waals surface area contributed by atoms with Crippen molar-refractivity contribution in [2.75, 3.05) is 5.32 Å². The van der Waals surface area contributed by atoms with Crippen LogP contribution in [0.15, 0.2) is 60.7 Å². The summed E-state index contributed by atoms with van der Waals surface area (Å²) in [7, 11) is 0. The zero-order chi connectivity index (χ0) is 17.2. The summed E-state index contributed by atoms with van der Waals surface area (Å²) < 4.78 is 0. The van der Waals surface area contributed by atoms with Crippen molar-refractivity contribution in [3.8, 4) is 0 Å². The van der Waals surface area contributed by atoms with Crippen molar-refractivity contribution in [1.82, 2.24) is 10.2 Å². The highest BCUT2D eigenvalue weighted by Crippen LogP contribution is 2.26. The molecule has 122 valence electrons. The van der Waals surface area contributed by atoms with Crippen molar-refractivity contribution in [2.45, 2.75) is 19.0 Å². The Morgan fingerprint density at radius 2 is 1.62 bits per heavy atom. The maximum Gasteiger partial charge on any atom is 0.325 e. The van der Waals surface area contributed by atoms with Gasteiger partial charge in [0.15, 0.2) is 0 Å². The van der Waals surface area contributed by atoms with E-state index in [1.54, 1.807) is 24.3 Å². The van der Waals surface area contributed by atoms with Crippen molar-refractivity contribution in [3.05, 3.63) is 66.2 Å². The van der Waals surface area contributed by atoms with Gasteiger partial charge in [0, 0.05) is 12.2 Å². The molecule has 6 heteroatoms. The van der Waals surface area contributed by atoms with Gasteiger partial charge in [0.25, 0.3) is 11.8 Å². The summed E-state index contributed by atoms with van der Waals surface area (Å²) in [6.07, 6.45) is 0. The Morgan fingerprint density at radius 3 is 2.25 bits per heavy atom. The standard InChI is InChI=1S/C18H17N3O3/c1-18(15(22)19-14-10-6-3-7-11-14)16(23)20-17(24)21(18)12-13-8-4-2-5-9-13/h2-11H,12H2,1H3,(H,19,22)(H,20,23,24). The Labute approximate surface area is 139 Å². The average Bonchev–Trinajstić information content (AvgIpc) is 2.81. The zero-order valence-electron chi connectivity index (χ0n) is 13.2. The molecule has 1 saturated heterocycles. The summed E-state index contributed by atoms with van der Waals surface area (Å²) in [5.74, 6) is -1.18. The Balaban J connectivity index is 1.87. The van der Waals surface area contributed by atoms with Crippen LogP contribution in [0.3, 0.4) is 0 Å². The van der Waals surface area contributed by atoms with Crippen LogP contribution >= 0.6 is 0 Å². The topological polar surface area (TPSA) is 78.5 Å². The van der Waals surface area contributed by atoms with Gasteiger partial charge in [-0.2, -0.15) is 0 Å². The molecule has 1 heterocycles. The second kappa shape index (κ2) is 6.16. The average molecular weight is 323 g/mol. The highest BCUT2D eigenvalue weighted by Gasteiger charge is 2.54. The van der Waals surface area contributed by atoms with Gasteiger partial charge in [-0.3, -0.25) is 19.8 Å². The van der Waals surface area contributed by atoms with Gasteiger partial charge in [0.05, 0.1) is 0 Å². The Morgan fingerprint density at radius 1 is 1.04 bits per heavy atom. The summed E-state index contributed by atoms with van der Waals surface area (Å²) in [5, 5.41) is 4.93. The summed E-state index contributed by atoms with van der Waals surface area (Å²) in [6, 6.07) is 17.5. The first-order chi connectivity index (χ1) is 11.5. The predicted octanol–water partition coefficient (Wildman–Crippen LogP) is 2.14. The minimum absolute atomic E-state index is 0.164. The number of benzene rings is 2. The van der Waals surface area contributed by atoms with E-state index in [9.17, 15) is 14.4 Å². The van der Waals surface area contributed by atoms with Crippen LogP contribution < -0.4 is 10.6 Å². The number of rotatable bonds is 4. The lowest BCUT2D eigenvalue weighted by Crippen LogP contribution is -2.55. The van der Waals surface area contributed by atoms with Crippen molar-refractivity contribution in [3.63, 3.8) is 0 Å². The summed E-state index contributed by atoms with van der Waals surface area (Å²) >= 11 is 0. The van der Waals surface area contributed by atoms with Crippen molar-refractivity contribution in [2.24, 2.45) is 0 Å². The van der Waals surface area contributed by atoms with Gasteiger partial charge in [-0.25, -0.2) is 4.79 Å². The van der Waals surface area contributed by atoms with Crippen molar-refractivity contribution < 1.29 is 14.4 Å². The van der Waals surface area contributed by atoms with Gasteiger partial charge in [0.2, 0.25) is 5.54 Å². The third-order valence-electron chi connectivity index (χ3n) is 4.10. The van der Waals surface area contributed by atoms with Crippen LogP contribution in [0.5, 0.6) is 0 Å². The minimum atomic E-state index is -1.61. The van der Waals surface area contributed by atoms with Crippen LogP contribution in [-0.2, 0) is 16.1 Å². The first kappa shape index (κ1) is 15.7. The fourth-order valence-corrected chi connectivity index (χ4v) is 2.61.